The minimum Gasteiger partial charge on any atom is -0.493 e. The first-order valence-corrected chi connectivity index (χ1v) is 8.59. The molecule has 0 unspecified atom stereocenters. The Morgan fingerprint density at radius 3 is 1.86 bits per heavy atom. The van der Waals surface area contributed by atoms with Gasteiger partial charge in [0.05, 0.1) is 21.3 Å². The smallest absolute Gasteiger partial charge is 0.255 e. The van der Waals surface area contributed by atoms with Gasteiger partial charge in [-0.05, 0) is 48.5 Å². The number of ether oxygens (including phenoxy) is 4. The van der Waals surface area contributed by atoms with E-state index in [9.17, 15) is 4.79 Å². The van der Waals surface area contributed by atoms with Gasteiger partial charge in [0.2, 0.25) is 5.75 Å². The molecular formula is C22H21NO5. The molecule has 144 valence electrons. The summed E-state index contributed by atoms with van der Waals surface area (Å²) in [6.07, 6.45) is 0. The van der Waals surface area contributed by atoms with Crippen molar-refractivity contribution in [2.24, 2.45) is 0 Å². The fourth-order valence-electron chi connectivity index (χ4n) is 2.65. The van der Waals surface area contributed by atoms with Crippen LogP contribution in [0, 0.1) is 0 Å². The van der Waals surface area contributed by atoms with Crippen LogP contribution in [0.3, 0.4) is 0 Å². The summed E-state index contributed by atoms with van der Waals surface area (Å²) in [5, 5.41) is 2.84. The van der Waals surface area contributed by atoms with E-state index in [1.165, 1.54) is 21.3 Å². The first kappa shape index (κ1) is 19.1. The van der Waals surface area contributed by atoms with Crippen molar-refractivity contribution in [2.45, 2.75) is 0 Å². The van der Waals surface area contributed by atoms with E-state index >= 15 is 0 Å². The minimum absolute atomic E-state index is 0.295. The van der Waals surface area contributed by atoms with E-state index in [4.69, 9.17) is 18.9 Å². The molecule has 0 saturated carbocycles. The van der Waals surface area contributed by atoms with Gasteiger partial charge in [-0.1, -0.05) is 18.2 Å². The summed E-state index contributed by atoms with van der Waals surface area (Å²) < 4.78 is 21.6. The summed E-state index contributed by atoms with van der Waals surface area (Å²) in [7, 11) is 4.52. The van der Waals surface area contributed by atoms with Crippen molar-refractivity contribution in [2.75, 3.05) is 26.6 Å². The summed E-state index contributed by atoms with van der Waals surface area (Å²) >= 11 is 0. The molecule has 0 aliphatic heterocycles. The molecular weight excluding hydrogens is 358 g/mol. The lowest BCUT2D eigenvalue weighted by Gasteiger charge is -2.14. The molecule has 0 spiro atoms. The Bertz CT molecular complexity index is 914. The largest absolute Gasteiger partial charge is 0.493 e. The molecule has 0 saturated heterocycles. The Labute approximate surface area is 163 Å². The molecule has 3 aromatic carbocycles. The number of anilines is 1. The molecule has 6 nitrogen and oxygen atoms in total. The second kappa shape index (κ2) is 8.81. The number of hydrogen-bond donors (Lipinski definition) is 1. The second-order valence-electron chi connectivity index (χ2n) is 5.81. The van der Waals surface area contributed by atoms with Gasteiger partial charge in [0.1, 0.15) is 11.5 Å². The molecule has 6 heteroatoms. The van der Waals surface area contributed by atoms with E-state index < -0.39 is 0 Å². The van der Waals surface area contributed by atoms with Gasteiger partial charge < -0.3 is 24.3 Å². The number of carbonyl (C=O) groups excluding carboxylic acids is 1. The predicted octanol–water partition coefficient (Wildman–Crippen LogP) is 4.76. The van der Waals surface area contributed by atoms with E-state index in [-0.39, 0.29) is 5.91 Å². The molecule has 3 aromatic rings. The maximum Gasteiger partial charge on any atom is 0.255 e. The highest BCUT2D eigenvalue weighted by Gasteiger charge is 2.17. The summed E-state index contributed by atoms with van der Waals surface area (Å²) in [6.45, 7) is 0. The Hall–Kier alpha value is -3.67. The lowest BCUT2D eigenvalue weighted by molar-refractivity contribution is 0.102. The predicted molar refractivity (Wildman–Crippen MR) is 107 cm³/mol. The van der Waals surface area contributed by atoms with E-state index in [1.807, 2.05) is 30.3 Å². The maximum absolute atomic E-state index is 12.6. The highest BCUT2D eigenvalue weighted by atomic mass is 16.5. The van der Waals surface area contributed by atoms with Crippen molar-refractivity contribution in [1.29, 1.82) is 0 Å². The molecule has 0 aliphatic rings. The number of methoxy groups -OCH3 is 3. The van der Waals surface area contributed by atoms with Gasteiger partial charge in [-0.15, -0.1) is 0 Å². The molecule has 1 N–H and O–H groups in total. The summed E-state index contributed by atoms with van der Waals surface area (Å²) in [6, 6.07) is 19.8. The summed E-state index contributed by atoms with van der Waals surface area (Å²) in [5.74, 6) is 2.39. The standard InChI is InChI=1S/C22H21NO5/c1-25-19-13-15(14-20(26-2)21(19)27-3)22(24)23-16-9-11-18(12-10-16)28-17-7-5-4-6-8-17/h4-14H,1-3H3,(H,23,24). The third kappa shape index (κ3) is 4.35. The first-order chi connectivity index (χ1) is 13.6. The van der Waals surface area contributed by atoms with Gasteiger partial charge >= 0.3 is 0 Å². The fourth-order valence-corrected chi connectivity index (χ4v) is 2.65. The average molecular weight is 379 g/mol. The van der Waals surface area contributed by atoms with Crippen molar-refractivity contribution in [3.8, 4) is 28.7 Å². The Morgan fingerprint density at radius 1 is 0.750 bits per heavy atom. The zero-order chi connectivity index (χ0) is 19.9. The van der Waals surface area contributed by atoms with Crippen LogP contribution in [0.2, 0.25) is 0 Å². The molecule has 0 atom stereocenters. The van der Waals surface area contributed by atoms with Crippen LogP contribution in [0.25, 0.3) is 0 Å². The highest BCUT2D eigenvalue weighted by molar-refractivity contribution is 6.05. The number of benzene rings is 3. The molecule has 1 amide bonds. The lowest BCUT2D eigenvalue weighted by atomic mass is 10.1. The topological polar surface area (TPSA) is 66.0 Å². The molecule has 0 heterocycles. The van der Waals surface area contributed by atoms with Crippen molar-refractivity contribution in [3.63, 3.8) is 0 Å². The van der Waals surface area contributed by atoms with E-state index in [0.29, 0.717) is 34.2 Å². The Morgan fingerprint density at radius 2 is 1.32 bits per heavy atom. The zero-order valence-corrected chi connectivity index (χ0v) is 15.9. The van der Waals surface area contributed by atoms with Gasteiger partial charge in [0, 0.05) is 11.3 Å². The molecule has 0 aromatic heterocycles. The number of nitrogens with one attached hydrogen (secondary N) is 1. The van der Waals surface area contributed by atoms with E-state index in [0.717, 1.165) is 5.75 Å². The Balaban J connectivity index is 1.74. The number of amides is 1. The number of hydrogen-bond acceptors (Lipinski definition) is 5. The normalized spacial score (nSPS) is 10.1. The van der Waals surface area contributed by atoms with Crippen LogP contribution in [0.1, 0.15) is 10.4 Å². The van der Waals surface area contributed by atoms with Gasteiger partial charge in [-0.2, -0.15) is 0 Å². The van der Waals surface area contributed by atoms with Gasteiger partial charge in [-0.25, -0.2) is 0 Å². The Kier molecular flexibility index (Phi) is 6.01. The molecule has 0 radical (unpaired) electrons. The fraction of sp³-hybridized carbons (Fsp3) is 0.136. The van der Waals surface area contributed by atoms with Crippen molar-refractivity contribution in [1.82, 2.24) is 0 Å². The van der Waals surface area contributed by atoms with Crippen LogP contribution in [0.15, 0.2) is 66.7 Å². The molecule has 3 rings (SSSR count). The van der Waals surface area contributed by atoms with Crippen LogP contribution < -0.4 is 24.3 Å². The zero-order valence-electron chi connectivity index (χ0n) is 15.9. The lowest BCUT2D eigenvalue weighted by Crippen LogP contribution is -2.12. The van der Waals surface area contributed by atoms with Crippen LogP contribution in [-0.2, 0) is 0 Å². The van der Waals surface area contributed by atoms with Crippen LogP contribution in [0.4, 0.5) is 5.69 Å². The number of rotatable bonds is 7. The molecule has 0 aliphatic carbocycles. The summed E-state index contributed by atoms with van der Waals surface area (Å²) in [5.41, 5.74) is 1.03. The SMILES string of the molecule is COc1cc(C(=O)Nc2ccc(Oc3ccccc3)cc2)cc(OC)c1OC. The second-order valence-corrected chi connectivity index (χ2v) is 5.81. The maximum atomic E-state index is 12.6. The van der Waals surface area contributed by atoms with Crippen LogP contribution in [-0.4, -0.2) is 27.2 Å². The molecule has 0 bridgehead atoms. The highest BCUT2D eigenvalue weighted by Crippen LogP contribution is 2.38. The third-order valence-electron chi connectivity index (χ3n) is 4.02. The molecule has 28 heavy (non-hydrogen) atoms. The summed E-state index contributed by atoms with van der Waals surface area (Å²) in [4.78, 5) is 12.6. The van der Waals surface area contributed by atoms with Crippen molar-refractivity contribution >= 4 is 11.6 Å². The van der Waals surface area contributed by atoms with Gasteiger partial charge in [0.25, 0.3) is 5.91 Å². The average Bonchev–Trinajstić information content (AvgIpc) is 2.74. The van der Waals surface area contributed by atoms with Gasteiger partial charge in [-0.3, -0.25) is 4.79 Å². The van der Waals surface area contributed by atoms with Crippen molar-refractivity contribution < 1.29 is 23.7 Å². The number of para-hydroxylation sites is 1. The third-order valence-corrected chi connectivity index (χ3v) is 4.02. The van der Waals surface area contributed by atoms with E-state index in [2.05, 4.69) is 5.32 Å². The van der Waals surface area contributed by atoms with Crippen LogP contribution in [0.5, 0.6) is 28.7 Å². The minimum atomic E-state index is -0.295. The van der Waals surface area contributed by atoms with Gasteiger partial charge in [0.15, 0.2) is 11.5 Å². The monoisotopic (exact) mass is 379 g/mol. The van der Waals surface area contributed by atoms with E-state index in [1.54, 1.807) is 36.4 Å². The first-order valence-electron chi connectivity index (χ1n) is 8.59. The quantitative estimate of drug-likeness (QED) is 0.641. The molecule has 0 fully saturated rings. The van der Waals surface area contributed by atoms with Crippen molar-refractivity contribution in [3.05, 3.63) is 72.3 Å². The van der Waals surface area contributed by atoms with Crippen LogP contribution >= 0.6 is 0 Å². The number of carbonyl (C=O) groups is 1.